The molecule has 0 spiro atoms. The Bertz CT molecular complexity index is 1030. The topological polar surface area (TPSA) is 87.8 Å². The van der Waals surface area contributed by atoms with Gasteiger partial charge in [0.15, 0.2) is 17.3 Å². The number of nitrogens with one attached hydrogen (secondary N) is 1. The van der Waals surface area contributed by atoms with E-state index in [-0.39, 0.29) is 40.3 Å². The Morgan fingerprint density at radius 2 is 2.06 bits per heavy atom. The number of oxazole rings is 1. The van der Waals surface area contributed by atoms with Crippen LogP contribution in [0.1, 0.15) is 55.8 Å². The highest BCUT2D eigenvalue weighted by molar-refractivity contribution is 6.32. The van der Waals surface area contributed by atoms with Gasteiger partial charge in [0, 0.05) is 36.7 Å². The first-order valence-corrected chi connectivity index (χ1v) is 12.0. The number of aryl methyl sites for hydroxylation is 1. The molecule has 2 aliphatic carbocycles. The number of halogens is 2. The molecule has 3 fully saturated rings. The first kappa shape index (κ1) is 22.5. The fourth-order valence-electron chi connectivity index (χ4n) is 5.08. The third-order valence-electron chi connectivity index (χ3n) is 7.37. The molecule has 0 radical (unpaired) electrons. The van der Waals surface area contributed by atoms with Crippen molar-refractivity contribution in [3.05, 3.63) is 34.4 Å². The average Bonchev–Trinajstić information content (AvgIpc) is 3.18. The Balaban J connectivity index is 1.28. The predicted octanol–water partition coefficient (Wildman–Crippen LogP) is 4.67. The molecule has 2 N–H and O–H groups in total. The molecule has 1 aliphatic heterocycles. The minimum Gasteiger partial charge on any atom is -0.486 e. The molecule has 2 aromatic rings. The van der Waals surface area contributed by atoms with Crippen molar-refractivity contribution in [3.63, 3.8) is 0 Å². The van der Waals surface area contributed by atoms with Gasteiger partial charge in [0.25, 0.3) is 11.9 Å². The van der Waals surface area contributed by atoms with Crippen LogP contribution in [0.25, 0.3) is 0 Å². The van der Waals surface area contributed by atoms with E-state index in [0.29, 0.717) is 43.1 Å². The van der Waals surface area contributed by atoms with Crippen molar-refractivity contribution in [3.8, 4) is 5.75 Å². The number of aliphatic hydroxyl groups excluding tert-OH is 1. The van der Waals surface area contributed by atoms with Crippen molar-refractivity contribution < 1.29 is 23.4 Å². The second-order valence-electron chi connectivity index (χ2n) is 9.68. The molecular weight excluding hydrogens is 449 g/mol. The number of hydrogen-bond acceptors (Lipinski definition) is 6. The number of aliphatic hydroxyl groups is 1. The zero-order chi connectivity index (χ0) is 23.3. The molecule has 2 unspecified atom stereocenters. The smallest absolute Gasteiger partial charge is 0.298 e. The van der Waals surface area contributed by atoms with E-state index >= 15 is 0 Å². The Kier molecular flexibility index (Phi) is 5.77. The molecule has 1 saturated heterocycles. The van der Waals surface area contributed by atoms with Crippen molar-refractivity contribution in [2.75, 3.05) is 29.9 Å². The molecule has 9 heteroatoms. The Morgan fingerprint density at radius 3 is 2.67 bits per heavy atom. The van der Waals surface area contributed by atoms with E-state index in [2.05, 4.69) is 10.3 Å². The SMILES string of the molecule is CCc1oc(N2CC(CC)(CO)C2)nc1C(=O)Nc1cc(F)c(OC2CC3C[C@H]3C2)c(Cl)c1. The number of anilines is 2. The normalized spacial score (nSPS) is 24.9. The number of rotatable bonds is 8. The number of amides is 1. The number of hydrogen-bond donors (Lipinski definition) is 2. The molecule has 1 aromatic carbocycles. The highest BCUT2D eigenvalue weighted by atomic mass is 35.5. The van der Waals surface area contributed by atoms with Crippen molar-refractivity contribution >= 4 is 29.2 Å². The van der Waals surface area contributed by atoms with Crippen LogP contribution in [0.15, 0.2) is 16.5 Å². The maximum atomic E-state index is 14.8. The molecule has 178 valence electrons. The van der Waals surface area contributed by atoms with Crippen LogP contribution in [-0.4, -0.2) is 41.8 Å². The lowest BCUT2D eigenvalue weighted by molar-refractivity contribution is 0.0843. The predicted molar refractivity (Wildman–Crippen MR) is 123 cm³/mol. The maximum absolute atomic E-state index is 14.8. The standard InChI is InChI=1S/C24H29ClFN3O4/c1-3-19-20(28-23(33-19)29-10-24(4-2,11-29)12-30)22(31)27-15-8-17(25)21(18(26)9-15)32-16-6-13-5-14(13)7-16/h8-9,13-14,16,30H,3-7,10-12H2,1-2H3,(H,27,31)/t13-,14?,16?/m0/s1. The van der Waals surface area contributed by atoms with Crippen molar-refractivity contribution in [1.82, 2.24) is 4.98 Å². The second kappa shape index (κ2) is 8.47. The summed E-state index contributed by atoms with van der Waals surface area (Å²) in [6.45, 7) is 5.25. The summed E-state index contributed by atoms with van der Waals surface area (Å²) >= 11 is 6.30. The first-order chi connectivity index (χ1) is 15.8. The van der Waals surface area contributed by atoms with Gasteiger partial charge in [-0.2, -0.15) is 4.98 Å². The molecule has 2 heterocycles. The molecular formula is C24H29ClFN3O4. The molecule has 1 aromatic heterocycles. The van der Waals surface area contributed by atoms with E-state index < -0.39 is 11.7 Å². The molecule has 2 saturated carbocycles. The lowest BCUT2D eigenvalue weighted by Crippen LogP contribution is -2.58. The summed E-state index contributed by atoms with van der Waals surface area (Å²) in [6, 6.07) is 3.07. The third kappa shape index (κ3) is 4.19. The summed E-state index contributed by atoms with van der Waals surface area (Å²) in [5.74, 6) is 0.830. The fourth-order valence-corrected chi connectivity index (χ4v) is 5.34. The largest absolute Gasteiger partial charge is 0.486 e. The van der Waals surface area contributed by atoms with Gasteiger partial charge in [-0.15, -0.1) is 0 Å². The van der Waals surface area contributed by atoms with Crippen LogP contribution in [0.2, 0.25) is 5.02 Å². The van der Waals surface area contributed by atoms with E-state index in [1.54, 1.807) is 0 Å². The molecule has 3 aliphatic rings. The van der Waals surface area contributed by atoms with Gasteiger partial charge in [-0.3, -0.25) is 4.79 Å². The van der Waals surface area contributed by atoms with Gasteiger partial charge in [-0.05, 0) is 43.6 Å². The summed E-state index contributed by atoms with van der Waals surface area (Å²) in [7, 11) is 0. The van der Waals surface area contributed by atoms with Gasteiger partial charge in [0.2, 0.25) is 0 Å². The van der Waals surface area contributed by atoms with Crippen molar-refractivity contribution in [2.24, 2.45) is 17.3 Å². The lowest BCUT2D eigenvalue weighted by Gasteiger charge is -2.48. The number of aromatic nitrogens is 1. The number of benzene rings is 1. The molecule has 33 heavy (non-hydrogen) atoms. The monoisotopic (exact) mass is 477 g/mol. The highest BCUT2D eigenvalue weighted by Crippen LogP contribution is 2.53. The van der Waals surface area contributed by atoms with Crippen LogP contribution >= 0.6 is 11.6 Å². The number of carbonyl (C=O) groups excluding carboxylic acids is 1. The lowest BCUT2D eigenvalue weighted by atomic mass is 9.78. The highest BCUT2D eigenvalue weighted by Gasteiger charge is 2.47. The molecule has 5 rings (SSSR count). The van der Waals surface area contributed by atoms with E-state index in [1.165, 1.54) is 18.6 Å². The van der Waals surface area contributed by atoms with Crippen LogP contribution in [0.3, 0.4) is 0 Å². The molecule has 7 nitrogen and oxygen atoms in total. The van der Waals surface area contributed by atoms with E-state index in [1.807, 2.05) is 18.7 Å². The summed E-state index contributed by atoms with van der Waals surface area (Å²) in [5, 5.41) is 12.4. The second-order valence-corrected chi connectivity index (χ2v) is 10.1. The van der Waals surface area contributed by atoms with Crippen LogP contribution < -0.4 is 15.0 Å². The summed E-state index contributed by atoms with van der Waals surface area (Å²) in [4.78, 5) is 19.2. The molecule has 0 bridgehead atoms. The van der Waals surface area contributed by atoms with E-state index in [9.17, 15) is 14.3 Å². The van der Waals surface area contributed by atoms with Crippen LogP contribution in [0.4, 0.5) is 16.1 Å². The Labute approximate surface area is 197 Å². The quantitative estimate of drug-likeness (QED) is 0.574. The average molecular weight is 478 g/mol. The summed E-state index contributed by atoms with van der Waals surface area (Å²) < 4.78 is 26.4. The zero-order valence-corrected chi connectivity index (χ0v) is 19.6. The van der Waals surface area contributed by atoms with Crippen molar-refractivity contribution in [1.29, 1.82) is 0 Å². The number of nitrogens with zero attached hydrogens (tertiary/aromatic N) is 2. The molecule has 3 atom stereocenters. The van der Waals surface area contributed by atoms with Crippen LogP contribution in [-0.2, 0) is 6.42 Å². The van der Waals surface area contributed by atoms with Gasteiger partial charge in [0.1, 0.15) is 5.76 Å². The summed E-state index contributed by atoms with van der Waals surface area (Å²) in [5.41, 5.74) is 0.234. The first-order valence-electron chi connectivity index (χ1n) is 11.7. The summed E-state index contributed by atoms with van der Waals surface area (Å²) in [6.07, 6.45) is 4.48. The number of ether oxygens (including phenoxy) is 1. The number of carbonyl (C=O) groups is 1. The van der Waals surface area contributed by atoms with Crippen LogP contribution in [0.5, 0.6) is 5.75 Å². The maximum Gasteiger partial charge on any atom is 0.298 e. The van der Waals surface area contributed by atoms with Crippen LogP contribution in [0, 0.1) is 23.1 Å². The molecule has 1 amide bonds. The number of fused-ring (bicyclic) bond motifs is 1. The van der Waals surface area contributed by atoms with Crippen molar-refractivity contribution in [2.45, 2.75) is 52.1 Å². The van der Waals surface area contributed by atoms with Gasteiger partial charge >= 0.3 is 0 Å². The zero-order valence-electron chi connectivity index (χ0n) is 18.9. The van der Waals surface area contributed by atoms with Gasteiger partial charge in [-0.25, -0.2) is 4.39 Å². The van der Waals surface area contributed by atoms with Gasteiger partial charge in [-0.1, -0.05) is 25.4 Å². The fraction of sp³-hybridized carbons (Fsp3) is 0.583. The minimum absolute atomic E-state index is 0.000591. The Hall–Kier alpha value is -2.32. The van der Waals surface area contributed by atoms with Gasteiger partial charge < -0.3 is 24.5 Å². The van der Waals surface area contributed by atoms with E-state index in [4.69, 9.17) is 20.8 Å². The van der Waals surface area contributed by atoms with Gasteiger partial charge in [0.05, 0.1) is 17.7 Å². The minimum atomic E-state index is -0.601. The third-order valence-corrected chi connectivity index (χ3v) is 7.65. The van der Waals surface area contributed by atoms with E-state index in [0.717, 1.165) is 19.3 Å². The Morgan fingerprint density at radius 1 is 1.33 bits per heavy atom.